The van der Waals surface area contributed by atoms with Gasteiger partial charge < -0.3 is 5.11 Å². The molecule has 0 radical (unpaired) electrons. The first kappa shape index (κ1) is 14.6. The molecule has 1 atom stereocenters. The van der Waals surface area contributed by atoms with Crippen molar-refractivity contribution < 1.29 is 13.5 Å². The maximum absolute atomic E-state index is 12.0. The van der Waals surface area contributed by atoms with Crippen molar-refractivity contribution in [3.05, 3.63) is 28.2 Å². The van der Waals surface area contributed by atoms with E-state index in [4.69, 9.17) is 5.11 Å². The minimum Gasteiger partial charge on any atom is -0.393 e. The molecule has 17 heavy (non-hydrogen) atoms. The molecule has 1 unspecified atom stereocenters. The topological polar surface area (TPSA) is 66.4 Å². The van der Waals surface area contributed by atoms with Crippen molar-refractivity contribution in [2.45, 2.75) is 31.3 Å². The Morgan fingerprint density at radius 1 is 1.47 bits per heavy atom. The van der Waals surface area contributed by atoms with Gasteiger partial charge in [0.1, 0.15) is 0 Å². The monoisotopic (exact) mass is 321 g/mol. The number of aryl methyl sites for hydroxylation is 1. The third-order valence-corrected chi connectivity index (χ3v) is 4.39. The Bertz CT molecular complexity index is 485. The van der Waals surface area contributed by atoms with E-state index < -0.39 is 16.1 Å². The summed E-state index contributed by atoms with van der Waals surface area (Å²) in [6.07, 6.45) is -0.118. The smallest absolute Gasteiger partial charge is 0.240 e. The van der Waals surface area contributed by atoms with Gasteiger partial charge in [-0.25, -0.2) is 13.1 Å². The first-order valence-corrected chi connectivity index (χ1v) is 7.54. The summed E-state index contributed by atoms with van der Waals surface area (Å²) in [5, 5.41) is 9.08. The number of aliphatic hydroxyl groups is 1. The maximum atomic E-state index is 12.0. The maximum Gasteiger partial charge on any atom is 0.240 e. The van der Waals surface area contributed by atoms with E-state index in [-0.39, 0.29) is 11.4 Å². The van der Waals surface area contributed by atoms with Gasteiger partial charge in [0.05, 0.1) is 11.0 Å². The highest BCUT2D eigenvalue weighted by atomic mass is 79.9. The van der Waals surface area contributed by atoms with Crippen LogP contribution in [0.1, 0.15) is 18.9 Å². The Hall–Kier alpha value is -0.430. The van der Waals surface area contributed by atoms with Crippen molar-refractivity contribution in [1.29, 1.82) is 0 Å². The second-order valence-electron chi connectivity index (χ2n) is 3.95. The van der Waals surface area contributed by atoms with E-state index in [2.05, 4.69) is 20.7 Å². The zero-order valence-electron chi connectivity index (χ0n) is 9.77. The van der Waals surface area contributed by atoms with E-state index in [1.807, 2.05) is 0 Å². The van der Waals surface area contributed by atoms with Crippen LogP contribution < -0.4 is 4.72 Å². The third kappa shape index (κ3) is 4.39. The van der Waals surface area contributed by atoms with Gasteiger partial charge in [-0.1, -0.05) is 22.0 Å². The molecule has 0 aliphatic carbocycles. The van der Waals surface area contributed by atoms with Gasteiger partial charge in [0.25, 0.3) is 0 Å². The molecule has 0 bridgehead atoms. The van der Waals surface area contributed by atoms with Gasteiger partial charge in [-0.2, -0.15) is 0 Å². The fourth-order valence-corrected chi connectivity index (χ4v) is 3.17. The molecule has 0 aromatic heterocycles. The number of hydrogen-bond acceptors (Lipinski definition) is 3. The van der Waals surface area contributed by atoms with Crippen LogP contribution in [-0.4, -0.2) is 26.2 Å². The summed E-state index contributed by atoms with van der Waals surface area (Å²) in [6.45, 7) is 3.60. The van der Waals surface area contributed by atoms with Crippen LogP contribution in [0.2, 0.25) is 0 Å². The lowest BCUT2D eigenvalue weighted by atomic mass is 10.2. The lowest BCUT2D eigenvalue weighted by molar-refractivity contribution is 0.186. The Balaban J connectivity index is 2.86. The molecule has 0 aliphatic rings. The van der Waals surface area contributed by atoms with E-state index >= 15 is 0 Å². The highest BCUT2D eigenvalue weighted by molar-refractivity contribution is 9.10. The molecule has 1 aromatic rings. The highest BCUT2D eigenvalue weighted by Gasteiger charge is 2.16. The summed E-state index contributed by atoms with van der Waals surface area (Å²) in [6, 6.07) is 5.11. The van der Waals surface area contributed by atoms with E-state index in [0.29, 0.717) is 12.0 Å². The van der Waals surface area contributed by atoms with Gasteiger partial charge in [0.2, 0.25) is 10.0 Å². The second kappa shape index (κ2) is 5.95. The molecule has 0 fully saturated rings. The van der Waals surface area contributed by atoms with Crippen LogP contribution in [-0.2, 0) is 10.0 Å². The Kier molecular flexibility index (Phi) is 5.12. The van der Waals surface area contributed by atoms with Crippen LogP contribution >= 0.6 is 15.9 Å². The van der Waals surface area contributed by atoms with Gasteiger partial charge in [0.15, 0.2) is 0 Å². The van der Waals surface area contributed by atoms with Crippen molar-refractivity contribution in [3.63, 3.8) is 0 Å². The predicted molar refractivity (Wildman–Crippen MR) is 70.4 cm³/mol. The number of rotatable bonds is 5. The van der Waals surface area contributed by atoms with Gasteiger partial charge in [0, 0.05) is 11.0 Å². The average Bonchev–Trinajstić information content (AvgIpc) is 2.20. The van der Waals surface area contributed by atoms with Crippen LogP contribution in [0.5, 0.6) is 0 Å². The molecule has 1 rings (SSSR count). The Morgan fingerprint density at radius 2 is 2.12 bits per heavy atom. The summed E-state index contributed by atoms with van der Waals surface area (Å²) in [7, 11) is -3.50. The van der Waals surface area contributed by atoms with Crippen molar-refractivity contribution >= 4 is 26.0 Å². The summed E-state index contributed by atoms with van der Waals surface area (Å²) in [5.41, 5.74) is 0.692. The largest absolute Gasteiger partial charge is 0.393 e. The molecule has 0 spiro atoms. The number of aliphatic hydroxyl groups excluding tert-OH is 1. The molecule has 0 heterocycles. The molecule has 0 aliphatic heterocycles. The zero-order chi connectivity index (χ0) is 13.1. The van der Waals surface area contributed by atoms with E-state index in [1.54, 1.807) is 32.0 Å². The second-order valence-corrected chi connectivity index (χ2v) is 6.60. The molecule has 2 N–H and O–H groups in total. The van der Waals surface area contributed by atoms with Crippen molar-refractivity contribution in [1.82, 2.24) is 4.72 Å². The molecule has 0 saturated heterocycles. The van der Waals surface area contributed by atoms with Crippen LogP contribution in [0.15, 0.2) is 27.6 Å². The molecular weight excluding hydrogens is 306 g/mol. The van der Waals surface area contributed by atoms with Gasteiger partial charge in [-0.15, -0.1) is 0 Å². The normalized spacial score (nSPS) is 13.6. The molecular formula is C11H16BrNO3S. The zero-order valence-corrected chi connectivity index (χ0v) is 12.2. The fraction of sp³-hybridized carbons (Fsp3) is 0.455. The van der Waals surface area contributed by atoms with Crippen molar-refractivity contribution in [3.8, 4) is 0 Å². The lowest BCUT2D eigenvalue weighted by Crippen LogP contribution is -2.27. The molecule has 0 saturated carbocycles. The summed E-state index contributed by atoms with van der Waals surface area (Å²) < 4.78 is 27.1. The Morgan fingerprint density at radius 3 is 2.71 bits per heavy atom. The SMILES string of the molecule is Cc1ccc(Br)cc1S(=O)(=O)NCCC(C)O. The standard InChI is InChI=1S/C11H16BrNO3S/c1-8-3-4-10(12)7-11(8)17(15,16)13-6-5-9(2)14/h3-4,7,9,13-14H,5-6H2,1-2H3. The first-order valence-electron chi connectivity index (χ1n) is 5.27. The van der Waals surface area contributed by atoms with Crippen molar-refractivity contribution in [2.24, 2.45) is 0 Å². The van der Waals surface area contributed by atoms with E-state index in [9.17, 15) is 8.42 Å². The van der Waals surface area contributed by atoms with Crippen LogP contribution in [0.25, 0.3) is 0 Å². The molecule has 96 valence electrons. The lowest BCUT2D eigenvalue weighted by Gasteiger charge is -2.10. The average molecular weight is 322 g/mol. The fourth-order valence-electron chi connectivity index (χ4n) is 1.34. The Labute approximate surface area is 110 Å². The molecule has 6 heteroatoms. The van der Waals surface area contributed by atoms with Crippen molar-refractivity contribution in [2.75, 3.05) is 6.54 Å². The minimum atomic E-state index is -3.50. The summed E-state index contributed by atoms with van der Waals surface area (Å²) in [4.78, 5) is 0.262. The third-order valence-electron chi connectivity index (χ3n) is 2.29. The number of halogens is 1. The quantitative estimate of drug-likeness (QED) is 0.869. The molecule has 1 aromatic carbocycles. The number of nitrogens with one attached hydrogen (secondary N) is 1. The van der Waals surface area contributed by atoms with Crippen LogP contribution in [0.4, 0.5) is 0 Å². The number of benzene rings is 1. The molecule has 4 nitrogen and oxygen atoms in total. The van der Waals surface area contributed by atoms with Gasteiger partial charge >= 0.3 is 0 Å². The number of sulfonamides is 1. The predicted octanol–water partition coefficient (Wildman–Crippen LogP) is 1.81. The van der Waals surface area contributed by atoms with E-state index in [0.717, 1.165) is 4.47 Å². The first-order chi connectivity index (χ1) is 7.83. The van der Waals surface area contributed by atoms with Crippen LogP contribution in [0.3, 0.4) is 0 Å². The summed E-state index contributed by atoms with van der Waals surface area (Å²) in [5.74, 6) is 0. The molecule has 0 amide bonds. The van der Waals surface area contributed by atoms with Crippen LogP contribution in [0, 0.1) is 6.92 Å². The van der Waals surface area contributed by atoms with E-state index in [1.165, 1.54) is 0 Å². The minimum absolute atomic E-state index is 0.228. The van der Waals surface area contributed by atoms with Gasteiger partial charge in [-0.3, -0.25) is 0 Å². The van der Waals surface area contributed by atoms with Gasteiger partial charge in [-0.05, 0) is 38.0 Å². The number of hydrogen-bond donors (Lipinski definition) is 2. The highest BCUT2D eigenvalue weighted by Crippen LogP contribution is 2.20. The summed E-state index contributed by atoms with van der Waals surface area (Å²) >= 11 is 3.25.